The van der Waals surface area contributed by atoms with Gasteiger partial charge in [0.2, 0.25) is 5.91 Å². The van der Waals surface area contributed by atoms with Crippen molar-refractivity contribution in [3.05, 3.63) is 52.2 Å². The molecule has 1 amide bonds. The maximum absolute atomic E-state index is 12.7. The van der Waals surface area contributed by atoms with Crippen LogP contribution in [0, 0.1) is 6.92 Å². The number of hydrogen-bond acceptors (Lipinski definition) is 5. The van der Waals surface area contributed by atoms with Crippen LogP contribution in [0.25, 0.3) is 0 Å². The lowest BCUT2D eigenvalue weighted by Gasteiger charge is -2.36. The van der Waals surface area contributed by atoms with Crippen LogP contribution in [0.2, 0.25) is 0 Å². The number of amides is 1. The van der Waals surface area contributed by atoms with Crippen LogP contribution in [0.15, 0.2) is 46.7 Å². The van der Waals surface area contributed by atoms with Crippen molar-refractivity contribution in [3.63, 3.8) is 0 Å². The third kappa shape index (κ3) is 5.07. The first kappa shape index (κ1) is 18.5. The molecule has 0 aliphatic carbocycles. The van der Waals surface area contributed by atoms with Crippen molar-refractivity contribution in [2.75, 3.05) is 25.5 Å². The van der Waals surface area contributed by atoms with E-state index in [0.29, 0.717) is 31.9 Å². The van der Waals surface area contributed by atoms with Gasteiger partial charge >= 0.3 is 0 Å². The fourth-order valence-corrected chi connectivity index (χ4v) is 4.40. The first-order valence-corrected chi connectivity index (χ1v) is 10.3. The zero-order chi connectivity index (χ0) is 17.6. The van der Waals surface area contributed by atoms with Gasteiger partial charge < -0.3 is 14.7 Å². The van der Waals surface area contributed by atoms with Gasteiger partial charge in [0, 0.05) is 22.7 Å². The molecule has 3 rings (SSSR count). The second kappa shape index (κ2) is 8.85. The third-order valence-electron chi connectivity index (χ3n) is 4.30. The minimum Gasteiger partial charge on any atom is -0.387 e. The summed E-state index contributed by atoms with van der Waals surface area (Å²) in [6.45, 7) is 3.70. The van der Waals surface area contributed by atoms with Crippen LogP contribution < -0.4 is 0 Å². The van der Waals surface area contributed by atoms with Gasteiger partial charge in [0.15, 0.2) is 0 Å². The number of thiophene rings is 1. The minimum absolute atomic E-state index is 0.0723. The van der Waals surface area contributed by atoms with Crippen LogP contribution in [0.1, 0.15) is 23.0 Å². The summed E-state index contributed by atoms with van der Waals surface area (Å²) < 4.78 is 5.55. The Morgan fingerprint density at radius 3 is 2.92 bits per heavy atom. The Bertz CT molecular complexity index is 672. The Labute approximate surface area is 156 Å². The van der Waals surface area contributed by atoms with Crippen LogP contribution >= 0.6 is 23.1 Å². The normalized spacial score (nSPS) is 19.0. The molecule has 1 aromatic heterocycles. The lowest BCUT2D eigenvalue weighted by atomic mass is 10.1. The molecular formula is C19H23NO3S2. The number of aliphatic hydroxyl groups excluding tert-OH is 1. The van der Waals surface area contributed by atoms with E-state index >= 15 is 0 Å². The number of aliphatic hydroxyl groups is 1. The summed E-state index contributed by atoms with van der Waals surface area (Å²) in [6, 6.07) is 12.0. The maximum Gasteiger partial charge on any atom is 0.233 e. The summed E-state index contributed by atoms with van der Waals surface area (Å²) in [5.74, 6) is 0.520. The molecule has 0 saturated carbocycles. The fraction of sp³-hybridized carbons (Fsp3) is 0.421. The van der Waals surface area contributed by atoms with Crippen LogP contribution in [0.5, 0.6) is 0 Å². The predicted molar refractivity (Wildman–Crippen MR) is 102 cm³/mol. The summed E-state index contributed by atoms with van der Waals surface area (Å²) in [5.41, 5.74) is 1.21. The molecule has 1 aliphatic heterocycles. The number of morpholine rings is 1. The van der Waals surface area contributed by atoms with E-state index in [1.165, 1.54) is 16.9 Å². The summed E-state index contributed by atoms with van der Waals surface area (Å²) >= 11 is 3.10. The van der Waals surface area contributed by atoms with Crippen molar-refractivity contribution < 1.29 is 14.6 Å². The van der Waals surface area contributed by atoms with Crippen molar-refractivity contribution in [2.45, 2.75) is 30.4 Å². The highest BCUT2D eigenvalue weighted by Gasteiger charge is 2.29. The Hall–Kier alpha value is -1.34. The quantitative estimate of drug-likeness (QED) is 0.783. The van der Waals surface area contributed by atoms with Crippen LogP contribution in [0.3, 0.4) is 0 Å². The summed E-state index contributed by atoms with van der Waals surface area (Å²) in [6.07, 6.45) is -0.0340. The van der Waals surface area contributed by atoms with E-state index in [-0.39, 0.29) is 11.9 Å². The lowest BCUT2D eigenvalue weighted by Crippen LogP contribution is -2.49. The number of nitrogens with zero attached hydrogens (tertiary/aromatic N) is 1. The molecule has 6 heteroatoms. The largest absolute Gasteiger partial charge is 0.387 e. The van der Waals surface area contributed by atoms with Gasteiger partial charge in [-0.2, -0.15) is 0 Å². The molecule has 1 saturated heterocycles. The van der Waals surface area contributed by atoms with Crippen molar-refractivity contribution in [2.24, 2.45) is 0 Å². The van der Waals surface area contributed by atoms with Crippen molar-refractivity contribution in [1.29, 1.82) is 0 Å². The highest BCUT2D eigenvalue weighted by molar-refractivity contribution is 8.00. The SMILES string of the molecule is Cc1ccc(SCC(=O)N2CCOC[C@H]2C[C@H](O)c2cccs2)cc1. The van der Waals surface area contributed by atoms with E-state index in [1.807, 2.05) is 34.5 Å². The second-order valence-electron chi connectivity index (χ2n) is 6.18. The van der Waals surface area contributed by atoms with Crippen LogP contribution in [0.4, 0.5) is 0 Å². The standard InChI is InChI=1S/C19H23NO3S2/c1-14-4-6-16(7-5-14)25-13-19(22)20-8-9-23-12-15(20)11-17(21)18-3-2-10-24-18/h2-7,10,15,17,21H,8-9,11-13H2,1H3/t15-,17+/m1/s1. The van der Waals surface area contributed by atoms with Crippen molar-refractivity contribution >= 4 is 29.0 Å². The molecule has 0 bridgehead atoms. The van der Waals surface area contributed by atoms with E-state index in [1.54, 1.807) is 11.8 Å². The van der Waals surface area contributed by atoms with E-state index in [4.69, 9.17) is 4.74 Å². The first-order chi connectivity index (χ1) is 12.1. The molecule has 2 aromatic rings. The number of carbonyl (C=O) groups excluding carboxylic acids is 1. The number of thioether (sulfide) groups is 1. The Kier molecular flexibility index (Phi) is 6.53. The number of carbonyl (C=O) groups is 1. The van der Waals surface area contributed by atoms with Gasteiger partial charge in [0.25, 0.3) is 0 Å². The fourth-order valence-electron chi connectivity index (χ4n) is 2.90. The van der Waals surface area contributed by atoms with Crippen molar-refractivity contribution in [3.8, 4) is 0 Å². The summed E-state index contributed by atoms with van der Waals surface area (Å²) in [7, 11) is 0. The molecule has 0 radical (unpaired) electrons. The van der Waals surface area contributed by atoms with Gasteiger partial charge in [0.05, 0.1) is 31.1 Å². The molecule has 2 heterocycles. The maximum atomic E-state index is 12.7. The van der Waals surface area contributed by atoms with E-state index in [0.717, 1.165) is 9.77 Å². The molecule has 1 fully saturated rings. The number of ether oxygens (including phenoxy) is 1. The number of hydrogen-bond donors (Lipinski definition) is 1. The molecule has 134 valence electrons. The number of benzene rings is 1. The molecule has 0 unspecified atom stereocenters. The molecule has 1 N–H and O–H groups in total. The smallest absolute Gasteiger partial charge is 0.233 e. The number of rotatable bonds is 6. The molecule has 25 heavy (non-hydrogen) atoms. The highest BCUT2D eigenvalue weighted by atomic mass is 32.2. The van der Waals surface area contributed by atoms with Crippen molar-refractivity contribution in [1.82, 2.24) is 4.90 Å². The monoisotopic (exact) mass is 377 g/mol. The van der Waals surface area contributed by atoms with Gasteiger partial charge in [-0.3, -0.25) is 4.79 Å². The number of aryl methyl sites for hydroxylation is 1. The Balaban J connectivity index is 1.57. The topological polar surface area (TPSA) is 49.8 Å². The molecule has 0 spiro atoms. The highest BCUT2D eigenvalue weighted by Crippen LogP contribution is 2.27. The molecular weight excluding hydrogens is 354 g/mol. The zero-order valence-electron chi connectivity index (χ0n) is 14.3. The van der Waals surface area contributed by atoms with E-state index in [9.17, 15) is 9.90 Å². The second-order valence-corrected chi connectivity index (χ2v) is 8.21. The van der Waals surface area contributed by atoms with Gasteiger partial charge in [-0.25, -0.2) is 0 Å². The minimum atomic E-state index is -0.549. The Morgan fingerprint density at radius 2 is 2.20 bits per heavy atom. The average Bonchev–Trinajstić information content (AvgIpc) is 3.16. The summed E-state index contributed by atoms with van der Waals surface area (Å²) in [5, 5.41) is 12.4. The first-order valence-electron chi connectivity index (χ1n) is 8.41. The van der Waals surface area contributed by atoms with E-state index < -0.39 is 6.10 Å². The van der Waals surface area contributed by atoms with Gasteiger partial charge in [-0.1, -0.05) is 23.8 Å². The van der Waals surface area contributed by atoms with Crippen LogP contribution in [-0.2, 0) is 9.53 Å². The molecule has 1 aromatic carbocycles. The third-order valence-corrected chi connectivity index (χ3v) is 6.27. The predicted octanol–water partition coefficient (Wildman–Crippen LogP) is 3.50. The lowest BCUT2D eigenvalue weighted by molar-refractivity contribution is -0.138. The van der Waals surface area contributed by atoms with Gasteiger partial charge in [-0.15, -0.1) is 23.1 Å². The summed E-state index contributed by atoms with van der Waals surface area (Å²) in [4.78, 5) is 16.6. The van der Waals surface area contributed by atoms with E-state index in [2.05, 4.69) is 19.1 Å². The van der Waals surface area contributed by atoms with Gasteiger partial charge in [-0.05, 0) is 30.5 Å². The molecule has 2 atom stereocenters. The van der Waals surface area contributed by atoms with Crippen LogP contribution in [-0.4, -0.2) is 47.5 Å². The zero-order valence-corrected chi connectivity index (χ0v) is 15.9. The molecule has 4 nitrogen and oxygen atoms in total. The van der Waals surface area contributed by atoms with Gasteiger partial charge in [0.1, 0.15) is 0 Å². The Morgan fingerprint density at radius 1 is 1.40 bits per heavy atom. The molecule has 1 aliphatic rings. The average molecular weight is 378 g/mol.